The SMILES string of the molecule is CCc1ccc(-c2csc3nc(C)cc(C)[n+]23)cc1. The number of aromatic nitrogens is 2. The molecule has 0 aliphatic heterocycles. The summed E-state index contributed by atoms with van der Waals surface area (Å²) in [6.07, 6.45) is 1.08. The van der Waals surface area contributed by atoms with E-state index in [0.29, 0.717) is 0 Å². The normalized spacial score (nSPS) is 11.1. The van der Waals surface area contributed by atoms with Gasteiger partial charge in [0.15, 0.2) is 11.4 Å². The molecule has 0 saturated heterocycles. The fourth-order valence-electron chi connectivity index (χ4n) is 2.39. The van der Waals surface area contributed by atoms with E-state index in [1.807, 2.05) is 6.92 Å². The van der Waals surface area contributed by atoms with Gasteiger partial charge in [-0.3, -0.25) is 0 Å². The Kier molecular flexibility index (Phi) is 3.07. The zero-order valence-electron chi connectivity index (χ0n) is 11.5. The minimum Gasteiger partial charge on any atom is -0.183 e. The van der Waals surface area contributed by atoms with Crippen molar-refractivity contribution in [1.82, 2.24) is 4.98 Å². The summed E-state index contributed by atoms with van der Waals surface area (Å²) in [5.41, 5.74) is 6.17. The largest absolute Gasteiger partial charge is 0.387 e. The van der Waals surface area contributed by atoms with Crippen LogP contribution in [0.15, 0.2) is 35.7 Å². The van der Waals surface area contributed by atoms with Gasteiger partial charge in [-0.25, -0.2) is 0 Å². The van der Waals surface area contributed by atoms with Crippen molar-refractivity contribution in [3.8, 4) is 11.3 Å². The van der Waals surface area contributed by atoms with E-state index >= 15 is 0 Å². The molecule has 3 aromatic rings. The van der Waals surface area contributed by atoms with Crippen LogP contribution in [0.1, 0.15) is 23.9 Å². The molecule has 2 aromatic heterocycles. The van der Waals surface area contributed by atoms with E-state index in [4.69, 9.17) is 0 Å². The number of benzene rings is 1. The zero-order valence-corrected chi connectivity index (χ0v) is 12.3. The molecule has 0 aliphatic rings. The van der Waals surface area contributed by atoms with Crippen LogP contribution in [0.5, 0.6) is 0 Å². The van der Waals surface area contributed by atoms with Gasteiger partial charge >= 0.3 is 4.96 Å². The van der Waals surface area contributed by atoms with Crippen molar-refractivity contribution in [2.75, 3.05) is 0 Å². The lowest BCUT2D eigenvalue weighted by Crippen LogP contribution is -2.27. The highest BCUT2D eigenvalue weighted by Gasteiger charge is 2.17. The number of hydrogen-bond acceptors (Lipinski definition) is 2. The number of hydrogen-bond donors (Lipinski definition) is 0. The molecule has 19 heavy (non-hydrogen) atoms. The van der Waals surface area contributed by atoms with Gasteiger partial charge in [-0.2, -0.15) is 4.40 Å². The number of aryl methyl sites for hydroxylation is 3. The van der Waals surface area contributed by atoms with Crippen molar-refractivity contribution in [2.45, 2.75) is 27.2 Å². The third-order valence-electron chi connectivity index (χ3n) is 3.41. The third kappa shape index (κ3) is 2.15. The summed E-state index contributed by atoms with van der Waals surface area (Å²) in [5.74, 6) is 0. The summed E-state index contributed by atoms with van der Waals surface area (Å²) in [4.78, 5) is 5.66. The summed E-state index contributed by atoms with van der Waals surface area (Å²) in [6.45, 7) is 6.36. The topological polar surface area (TPSA) is 17.0 Å². The monoisotopic (exact) mass is 269 g/mol. The molecule has 0 radical (unpaired) electrons. The van der Waals surface area contributed by atoms with Crippen LogP contribution in [0.2, 0.25) is 0 Å². The van der Waals surface area contributed by atoms with Crippen molar-refractivity contribution in [2.24, 2.45) is 0 Å². The van der Waals surface area contributed by atoms with Crippen LogP contribution in [-0.2, 0) is 6.42 Å². The van der Waals surface area contributed by atoms with E-state index in [0.717, 1.165) is 17.1 Å². The number of fused-ring (bicyclic) bond motifs is 1. The standard InChI is InChI=1S/C16H17N2S/c1-4-13-5-7-14(8-6-13)15-10-19-16-17-11(2)9-12(3)18(15)16/h5-10H,4H2,1-3H3/q+1. The molecule has 3 rings (SSSR count). The zero-order chi connectivity index (χ0) is 13.4. The number of rotatable bonds is 2. The van der Waals surface area contributed by atoms with Crippen molar-refractivity contribution in [3.63, 3.8) is 0 Å². The van der Waals surface area contributed by atoms with Gasteiger partial charge in [0.05, 0.1) is 0 Å². The molecule has 0 N–H and O–H groups in total. The minimum atomic E-state index is 1.06. The highest BCUT2D eigenvalue weighted by molar-refractivity contribution is 7.14. The molecule has 0 bridgehead atoms. The number of nitrogens with zero attached hydrogens (tertiary/aromatic N) is 2. The molecule has 2 heterocycles. The Labute approximate surface area is 117 Å². The van der Waals surface area contributed by atoms with E-state index in [1.165, 1.54) is 22.5 Å². The lowest BCUT2D eigenvalue weighted by Gasteiger charge is -2.01. The third-order valence-corrected chi connectivity index (χ3v) is 4.23. The van der Waals surface area contributed by atoms with Crippen molar-refractivity contribution >= 4 is 16.3 Å². The first kappa shape index (κ1) is 12.3. The Morgan fingerprint density at radius 2 is 1.89 bits per heavy atom. The van der Waals surface area contributed by atoms with Gasteiger partial charge < -0.3 is 0 Å². The van der Waals surface area contributed by atoms with Crippen LogP contribution in [0.4, 0.5) is 0 Å². The fourth-order valence-corrected chi connectivity index (χ4v) is 3.40. The molecule has 0 atom stereocenters. The van der Waals surface area contributed by atoms with Gasteiger partial charge in [0, 0.05) is 23.9 Å². The van der Waals surface area contributed by atoms with Crippen LogP contribution in [0.3, 0.4) is 0 Å². The molecule has 0 spiro atoms. The first-order chi connectivity index (χ1) is 9.19. The van der Waals surface area contributed by atoms with Gasteiger partial charge in [0.2, 0.25) is 0 Å². The smallest absolute Gasteiger partial charge is 0.183 e. The van der Waals surface area contributed by atoms with E-state index in [-0.39, 0.29) is 0 Å². The van der Waals surface area contributed by atoms with Gasteiger partial charge in [0.1, 0.15) is 5.69 Å². The minimum absolute atomic E-state index is 1.06. The van der Waals surface area contributed by atoms with Crippen molar-refractivity contribution < 1.29 is 4.40 Å². The van der Waals surface area contributed by atoms with Gasteiger partial charge in [-0.1, -0.05) is 31.2 Å². The van der Waals surface area contributed by atoms with Crippen LogP contribution in [0.25, 0.3) is 16.2 Å². The van der Waals surface area contributed by atoms with Gasteiger partial charge in [0.25, 0.3) is 0 Å². The molecule has 0 saturated carbocycles. The average Bonchev–Trinajstić information content (AvgIpc) is 2.83. The second-order valence-corrected chi connectivity index (χ2v) is 5.66. The van der Waals surface area contributed by atoms with Crippen LogP contribution in [0, 0.1) is 13.8 Å². The molecular formula is C16H17N2S+. The molecular weight excluding hydrogens is 252 g/mol. The van der Waals surface area contributed by atoms with E-state index in [2.05, 4.69) is 58.9 Å². The van der Waals surface area contributed by atoms with Gasteiger partial charge in [-0.15, -0.1) is 0 Å². The van der Waals surface area contributed by atoms with Gasteiger partial charge in [-0.05, 0) is 35.2 Å². The molecule has 0 fully saturated rings. The lowest BCUT2D eigenvalue weighted by atomic mass is 10.1. The molecule has 2 nitrogen and oxygen atoms in total. The highest BCUT2D eigenvalue weighted by atomic mass is 32.1. The van der Waals surface area contributed by atoms with Crippen LogP contribution < -0.4 is 4.40 Å². The first-order valence-electron chi connectivity index (χ1n) is 6.56. The Morgan fingerprint density at radius 3 is 2.58 bits per heavy atom. The Morgan fingerprint density at radius 1 is 1.16 bits per heavy atom. The molecule has 0 aliphatic carbocycles. The summed E-state index contributed by atoms with van der Waals surface area (Å²) in [7, 11) is 0. The van der Waals surface area contributed by atoms with E-state index in [9.17, 15) is 0 Å². The predicted octanol–water partition coefficient (Wildman–Crippen LogP) is 3.73. The molecule has 1 aromatic carbocycles. The maximum Gasteiger partial charge on any atom is 0.387 e. The summed E-state index contributed by atoms with van der Waals surface area (Å²) in [5, 5.41) is 2.19. The van der Waals surface area contributed by atoms with Crippen LogP contribution >= 0.6 is 11.3 Å². The molecule has 3 heteroatoms. The Balaban J connectivity index is 2.19. The molecule has 96 valence electrons. The molecule has 0 unspecified atom stereocenters. The van der Waals surface area contributed by atoms with E-state index < -0.39 is 0 Å². The van der Waals surface area contributed by atoms with E-state index in [1.54, 1.807) is 11.3 Å². The van der Waals surface area contributed by atoms with Crippen LogP contribution in [-0.4, -0.2) is 4.98 Å². The molecule has 0 amide bonds. The Bertz CT molecular complexity index is 726. The Hall–Kier alpha value is -1.74. The number of thiazole rings is 1. The summed E-state index contributed by atoms with van der Waals surface area (Å²) >= 11 is 1.70. The van der Waals surface area contributed by atoms with Crippen molar-refractivity contribution in [3.05, 3.63) is 52.7 Å². The lowest BCUT2D eigenvalue weighted by molar-refractivity contribution is -0.505. The first-order valence-corrected chi connectivity index (χ1v) is 7.44. The maximum absolute atomic E-state index is 4.60. The predicted molar refractivity (Wildman–Crippen MR) is 79.6 cm³/mol. The average molecular weight is 269 g/mol. The maximum atomic E-state index is 4.60. The highest BCUT2D eigenvalue weighted by Crippen LogP contribution is 2.21. The van der Waals surface area contributed by atoms with Crippen molar-refractivity contribution in [1.29, 1.82) is 0 Å². The second kappa shape index (κ2) is 4.74. The fraction of sp³-hybridized carbons (Fsp3) is 0.250. The second-order valence-electron chi connectivity index (χ2n) is 4.83. The summed E-state index contributed by atoms with van der Waals surface area (Å²) in [6, 6.07) is 10.9. The summed E-state index contributed by atoms with van der Waals surface area (Å²) < 4.78 is 2.23. The quantitative estimate of drug-likeness (QED) is 0.648.